The van der Waals surface area contributed by atoms with E-state index in [1.165, 1.54) is 32.1 Å². The Hall–Kier alpha value is -2.32. The standard InChI is InChI=1S/C31H59N3O6/c1-5-6-7-8-10-13-16-22-27(35)32-24-20-18-21-26(34-30(39)40-31(2,3)4)29(38)33-25-19-15-12-9-11-14-17-23-28(36)37/h26H,5-25H2,1-4H3,(H,32,35)(H,33,38)(H,34,39)(H,36,37)/p-1. The van der Waals surface area contributed by atoms with E-state index >= 15 is 0 Å². The molecule has 234 valence electrons. The number of nitrogens with zero attached hydrogens (tertiary/aromatic N) is 1. The molecule has 1 unspecified atom stereocenters. The molecule has 3 N–H and O–H groups in total. The number of carboxylic acids is 1. The zero-order valence-corrected chi connectivity index (χ0v) is 25.9. The van der Waals surface area contributed by atoms with Gasteiger partial charge in [0.15, 0.2) is 0 Å². The van der Waals surface area contributed by atoms with Crippen LogP contribution in [0.25, 0.3) is 0 Å². The minimum absolute atomic E-state index is 0.0709. The predicted octanol–water partition coefficient (Wildman–Crippen LogP) is 5.64. The number of amides is 2. The average molecular weight is 569 g/mol. The van der Waals surface area contributed by atoms with Crippen LogP contribution in [-0.2, 0) is 19.1 Å². The van der Waals surface area contributed by atoms with Crippen molar-refractivity contribution in [3.8, 4) is 0 Å². The molecule has 0 radical (unpaired) electrons. The van der Waals surface area contributed by atoms with Gasteiger partial charge in [0, 0.05) is 31.5 Å². The van der Waals surface area contributed by atoms with Crippen molar-refractivity contribution in [1.29, 1.82) is 0 Å². The van der Waals surface area contributed by atoms with Crippen LogP contribution in [0.3, 0.4) is 0 Å². The third-order valence-electron chi connectivity index (χ3n) is 6.56. The van der Waals surface area contributed by atoms with Gasteiger partial charge in [0.1, 0.15) is 12.1 Å². The molecule has 0 heterocycles. The molecule has 1 atom stereocenters. The molecule has 0 rings (SSSR count). The number of carboxylic acid groups (broad SMARTS) is 1. The number of ether oxygens (including phenoxy) is 1. The highest BCUT2D eigenvalue weighted by atomic mass is 16.6. The molecule has 0 bridgehead atoms. The topological polar surface area (TPSA) is 140 Å². The lowest BCUT2D eigenvalue weighted by atomic mass is 10.1. The van der Waals surface area contributed by atoms with Gasteiger partial charge in [0.2, 0.25) is 11.8 Å². The second-order valence-corrected chi connectivity index (χ2v) is 11.8. The Bertz CT molecular complexity index is 706. The summed E-state index contributed by atoms with van der Waals surface area (Å²) in [5, 5.41) is 26.8. The van der Waals surface area contributed by atoms with Gasteiger partial charge >= 0.3 is 5.97 Å². The van der Waals surface area contributed by atoms with Crippen LogP contribution < -0.4 is 15.7 Å². The molecule has 0 aromatic carbocycles. The third-order valence-corrected chi connectivity index (χ3v) is 6.56. The number of carbonyl (C=O) groups is 3. The molecule has 9 nitrogen and oxygen atoms in total. The Kier molecular flexibility index (Phi) is 23.1. The monoisotopic (exact) mass is 568 g/mol. The largest absolute Gasteiger partial charge is 0.595 e. The lowest BCUT2D eigenvalue weighted by Crippen LogP contribution is -2.38. The summed E-state index contributed by atoms with van der Waals surface area (Å²) < 4.78 is 5.29. The van der Waals surface area contributed by atoms with Crippen LogP contribution in [0.1, 0.15) is 150 Å². The SMILES string of the molecule is CCCCCCCCCC(=O)NCCCCC(N=C([O-])OC(C)(C)C)C(=O)NCCCCCCCCCC(=O)O. The van der Waals surface area contributed by atoms with E-state index < -0.39 is 23.7 Å². The molecule has 9 heteroatoms. The maximum absolute atomic E-state index is 12.8. The van der Waals surface area contributed by atoms with Crippen molar-refractivity contribution in [1.82, 2.24) is 10.6 Å². The molecule has 0 spiro atoms. The fraction of sp³-hybridized carbons (Fsp3) is 0.871. The van der Waals surface area contributed by atoms with Gasteiger partial charge in [-0.25, -0.2) is 0 Å². The number of unbranched alkanes of at least 4 members (excludes halogenated alkanes) is 13. The molecule has 0 aromatic heterocycles. The lowest BCUT2D eigenvalue weighted by Gasteiger charge is -2.30. The molecule has 40 heavy (non-hydrogen) atoms. The smallest absolute Gasteiger partial charge is 0.303 e. The van der Waals surface area contributed by atoms with Gasteiger partial charge < -0.3 is 25.6 Å². The van der Waals surface area contributed by atoms with Gasteiger partial charge in [0.25, 0.3) is 0 Å². The van der Waals surface area contributed by atoms with E-state index in [0.717, 1.165) is 57.8 Å². The van der Waals surface area contributed by atoms with Crippen molar-refractivity contribution in [3.63, 3.8) is 0 Å². The molecule has 0 aliphatic rings. The number of carbonyl (C=O) groups excluding carboxylic acids is 2. The summed E-state index contributed by atoms with van der Waals surface area (Å²) in [6, 6.07) is -0.813. The summed E-state index contributed by atoms with van der Waals surface area (Å²) in [6.07, 6.45) is 16.7. The van der Waals surface area contributed by atoms with Crippen molar-refractivity contribution < 1.29 is 29.3 Å². The summed E-state index contributed by atoms with van der Waals surface area (Å²) >= 11 is 0. The maximum atomic E-state index is 12.8. The van der Waals surface area contributed by atoms with Crippen LogP contribution >= 0.6 is 0 Å². The first kappa shape index (κ1) is 37.7. The molecule has 0 saturated carbocycles. The molecular weight excluding hydrogens is 510 g/mol. The Labute approximate surface area is 243 Å². The maximum Gasteiger partial charge on any atom is 0.303 e. The molecule has 0 fully saturated rings. The molecular formula is C31H58N3O6-. The molecule has 0 aliphatic carbocycles. The zero-order valence-electron chi connectivity index (χ0n) is 25.9. The highest BCUT2D eigenvalue weighted by Crippen LogP contribution is 2.12. The van der Waals surface area contributed by atoms with E-state index in [0.29, 0.717) is 38.8 Å². The third kappa shape index (κ3) is 25.9. The van der Waals surface area contributed by atoms with Crippen LogP contribution in [0.5, 0.6) is 0 Å². The summed E-state index contributed by atoms with van der Waals surface area (Å²) in [5.41, 5.74) is -0.685. The normalized spacial score (nSPS) is 12.7. The van der Waals surface area contributed by atoms with E-state index in [1.54, 1.807) is 20.8 Å². The fourth-order valence-electron chi connectivity index (χ4n) is 4.31. The van der Waals surface area contributed by atoms with E-state index in [9.17, 15) is 19.5 Å². The van der Waals surface area contributed by atoms with Gasteiger partial charge in [-0.1, -0.05) is 98.3 Å². The van der Waals surface area contributed by atoms with Crippen LogP contribution in [0.15, 0.2) is 4.99 Å². The summed E-state index contributed by atoms with van der Waals surface area (Å²) in [5.74, 6) is -0.947. The van der Waals surface area contributed by atoms with Crippen LogP contribution in [0, 0.1) is 0 Å². The van der Waals surface area contributed by atoms with Crippen LogP contribution in [0.2, 0.25) is 0 Å². The van der Waals surface area contributed by atoms with Crippen molar-refractivity contribution in [2.45, 2.75) is 161 Å². The quantitative estimate of drug-likeness (QED) is 0.0740. The van der Waals surface area contributed by atoms with Gasteiger partial charge in [-0.3, -0.25) is 19.4 Å². The average Bonchev–Trinajstić information content (AvgIpc) is 2.87. The highest BCUT2D eigenvalue weighted by Gasteiger charge is 2.17. The Balaban J connectivity index is 4.30. The predicted molar refractivity (Wildman–Crippen MR) is 159 cm³/mol. The lowest BCUT2D eigenvalue weighted by molar-refractivity contribution is -0.261. The number of aliphatic imine (C=N–C) groups is 1. The second kappa shape index (κ2) is 24.5. The Morgan fingerprint density at radius 3 is 1.82 bits per heavy atom. The van der Waals surface area contributed by atoms with Crippen molar-refractivity contribution in [2.75, 3.05) is 13.1 Å². The molecule has 2 amide bonds. The molecule has 0 aromatic rings. The first-order valence-electron chi connectivity index (χ1n) is 15.7. The minimum Gasteiger partial charge on any atom is -0.595 e. The van der Waals surface area contributed by atoms with Crippen LogP contribution in [0.4, 0.5) is 0 Å². The molecule has 0 saturated heterocycles. The number of hydrogen-bond acceptors (Lipinski definition) is 6. The summed E-state index contributed by atoms with van der Waals surface area (Å²) in [4.78, 5) is 39.4. The molecule has 0 aliphatic heterocycles. The minimum atomic E-state index is -0.813. The van der Waals surface area contributed by atoms with Gasteiger partial charge in [0.05, 0.1) is 0 Å². The first-order valence-corrected chi connectivity index (χ1v) is 15.7. The number of aliphatic carboxylic acids is 1. The van der Waals surface area contributed by atoms with Gasteiger partial charge in [-0.05, 0) is 38.5 Å². The highest BCUT2D eigenvalue weighted by molar-refractivity contribution is 5.83. The van der Waals surface area contributed by atoms with E-state index in [4.69, 9.17) is 9.84 Å². The van der Waals surface area contributed by atoms with Crippen molar-refractivity contribution in [2.24, 2.45) is 4.99 Å². The number of nitrogens with one attached hydrogen (secondary N) is 2. The zero-order chi connectivity index (χ0) is 30.1. The van der Waals surface area contributed by atoms with Crippen LogP contribution in [-0.4, -0.2) is 53.7 Å². The Morgan fingerprint density at radius 1 is 0.750 bits per heavy atom. The summed E-state index contributed by atoms with van der Waals surface area (Å²) in [7, 11) is 0. The first-order chi connectivity index (χ1) is 19.0. The second-order valence-electron chi connectivity index (χ2n) is 11.8. The van der Waals surface area contributed by atoms with E-state index in [-0.39, 0.29) is 18.2 Å². The van der Waals surface area contributed by atoms with Crippen molar-refractivity contribution >= 4 is 23.9 Å². The Morgan fingerprint density at radius 2 is 1.25 bits per heavy atom. The summed E-state index contributed by atoms with van der Waals surface area (Å²) in [6.45, 7) is 8.56. The van der Waals surface area contributed by atoms with E-state index in [2.05, 4.69) is 22.5 Å². The van der Waals surface area contributed by atoms with Gasteiger partial charge in [-0.15, -0.1) is 0 Å². The fourth-order valence-corrected chi connectivity index (χ4v) is 4.31. The van der Waals surface area contributed by atoms with Gasteiger partial charge in [-0.2, -0.15) is 0 Å². The van der Waals surface area contributed by atoms with E-state index in [1.807, 2.05) is 0 Å². The number of rotatable bonds is 25. The number of hydrogen-bond donors (Lipinski definition) is 3. The van der Waals surface area contributed by atoms with Crippen molar-refractivity contribution in [3.05, 3.63) is 0 Å².